The lowest BCUT2D eigenvalue weighted by Crippen LogP contribution is -1.91. The number of hydrogen-bond acceptors (Lipinski definition) is 4. The number of nitrogens with zero attached hydrogens (tertiary/aromatic N) is 2. The van der Waals surface area contributed by atoms with E-state index in [1.807, 2.05) is 0 Å². The zero-order valence-corrected chi connectivity index (χ0v) is 10.9. The number of halogens is 3. The van der Waals surface area contributed by atoms with Crippen LogP contribution >= 0.6 is 27.5 Å². The Kier molecular flexibility index (Phi) is 3.96. The number of benzene rings is 1. The Balaban J connectivity index is 2.11. The van der Waals surface area contributed by atoms with Gasteiger partial charge in [-0.15, -0.1) is 16.7 Å². The van der Waals surface area contributed by atoms with Gasteiger partial charge in [-0.3, -0.25) is 0 Å². The summed E-state index contributed by atoms with van der Waals surface area (Å²) in [4.78, 5) is 0. The normalized spacial score (nSPS) is 10.5. The molecule has 7 heteroatoms. The van der Waals surface area contributed by atoms with Crippen LogP contribution in [0.5, 0.6) is 0 Å². The number of anilines is 2. The topological polar surface area (TPSA) is 51.0 Å². The van der Waals surface area contributed by atoms with Gasteiger partial charge in [-0.2, -0.15) is 0 Å². The highest BCUT2D eigenvalue weighted by molar-refractivity contribution is 9.10. The van der Waals surface area contributed by atoms with Crippen LogP contribution in [0.25, 0.3) is 0 Å². The van der Waals surface area contributed by atoms with Gasteiger partial charge in [0.1, 0.15) is 5.82 Å². The number of aryl methyl sites for hydroxylation is 1. The summed E-state index contributed by atoms with van der Waals surface area (Å²) in [7, 11) is 0. The molecule has 0 amide bonds. The zero-order valence-electron chi connectivity index (χ0n) is 8.58. The molecule has 17 heavy (non-hydrogen) atoms. The van der Waals surface area contributed by atoms with Crippen molar-refractivity contribution in [1.82, 2.24) is 10.2 Å². The summed E-state index contributed by atoms with van der Waals surface area (Å²) in [5.41, 5.74) is 0.652. The van der Waals surface area contributed by atoms with Gasteiger partial charge in [0.15, 0.2) is 0 Å². The maximum atomic E-state index is 13.0. The van der Waals surface area contributed by atoms with Gasteiger partial charge < -0.3 is 9.73 Å². The highest BCUT2D eigenvalue weighted by Crippen LogP contribution is 2.22. The molecule has 0 aliphatic heterocycles. The van der Waals surface area contributed by atoms with E-state index < -0.39 is 0 Å². The molecular formula is C10H8BrClFN3O. The van der Waals surface area contributed by atoms with Crippen LogP contribution in [0.2, 0.25) is 0 Å². The summed E-state index contributed by atoms with van der Waals surface area (Å²) in [6.45, 7) is 0. The molecule has 0 radical (unpaired) electrons. The van der Waals surface area contributed by atoms with E-state index >= 15 is 0 Å². The average Bonchev–Trinajstić information content (AvgIpc) is 2.72. The van der Waals surface area contributed by atoms with Gasteiger partial charge in [-0.1, -0.05) is 5.10 Å². The number of nitrogens with one attached hydrogen (secondary N) is 1. The van der Waals surface area contributed by atoms with E-state index in [1.54, 1.807) is 12.1 Å². The molecular weight excluding hydrogens is 312 g/mol. The number of rotatable bonds is 4. The standard InChI is InChI=1S/C10H8BrClFN3O/c11-7-5-6(1-2-8(7)13)14-10-16-15-9(17-10)3-4-12/h1-2,5H,3-4H2,(H,14,16). The van der Waals surface area contributed by atoms with Gasteiger partial charge in [0.05, 0.1) is 4.47 Å². The molecule has 0 aliphatic carbocycles. The summed E-state index contributed by atoms with van der Waals surface area (Å²) in [5, 5.41) is 10.5. The average molecular weight is 321 g/mol. The van der Waals surface area contributed by atoms with Crippen molar-refractivity contribution >= 4 is 39.2 Å². The Morgan fingerprint density at radius 1 is 1.41 bits per heavy atom. The van der Waals surface area contributed by atoms with E-state index in [0.717, 1.165) is 0 Å². The Morgan fingerprint density at radius 3 is 2.94 bits per heavy atom. The van der Waals surface area contributed by atoms with Crippen LogP contribution in [-0.2, 0) is 6.42 Å². The van der Waals surface area contributed by atoms with Crippen LogP contribution < -0.4 is 5.32 Å². The molecule has 90 valence electrons. The molecule has 2 aromatic rings. The van der Waals surface area contributed by atoms with E-state index in [2.05, 4.69) is 31.4 Å². The first-order valence-corrected chi connectivity index (χ1v) is 6.12. The zero-order chi connectivity index (χ0) is 12.3. The lowest BCUT2D eigenvalue weighted by Gasteiger charge is -2.01. The number of aromatic nitrogens is 2. The summed E-state index contributed by atoms with van der Waals surface area (Å²) >= 11 is 8.64. The second-order valence-corrected chi connectivity index (χ2v) is 4.43. The molecule has 0 saturated carbocycles. The quantitative estimate of drug-likeness (QED) is 0.876. The fourth-order valence-corrected chi connectivity index (χ4v) is 1.72. The minimum absolute atomic E-state index is 0.253. The molecule has 4 nitrogen and oxygen atoms in total. The smallest absolute Gasteiger partial charge is 0.320 e. The largest absolute Gasteiger partial charge is 0.408 e. The molecule has 0 aliphatic rings. The van der Waals surface area contributed by atoms with E-state index in [-0.39, 0.29) is 11.8 Å². The van der Waals surface area contributed by atoms with Gasteiger partial charge in [-0.05, 0) is 34.1 Å². The van der Waals surface area contributed by atoms with E-state index in [4.69, 9.17) is 16.0 Å². The molecule has 1 aromatic heterocycles. The first-order valence-electron chi connectivity index (χ1n) is 4.79. The Hall–Kier alpha value is -1.14. The van der Waals surface area contributed by atoms with Crippen LogP contribution in [0.1, 0.15) is 5.89 Å². The predicted octanol–water partition coefficient (Wildman–Crippen LogP) is 3.50. The van der Waals surface area contributed by atoms with Crippen molar-refractivity contribution in [2.75, 3.05) is 11.2 Å². The van der Waals surface area contributed by atoms with Gasteiger partial charge in [0.2, 0.25) is 5.89 Å². The number of alkyl halides is 1. The van der Waals surface area contributed by atoms with E-state index in [1.165, 1.54) is 6.07 Å². The van der Waals surface area contributed by atoms with Crippen molar-refractivity contribution in [2.24, 2.45) is 0 Å². The van der Waals surface area contributed by atoms with Crippen LogP contribution in [-0.4, -0.2) is 16.1 Å². The first-order chi connectivity index (χ1) is 8.19. The van der Waals surface area contributed by atoms with E-state index in [0.29, 0.717) is 28.4 Å². The molecule has 0 unspecified atom stereocenters. The van der Waals surface area contributed by atoms with Crippen LogP contribution in [0.4, 0.5) is 16.1 Å². The summed E-state index contributed by atoms with van der Waals surface area (Å²) in [6, 6.07) is 4.75. The molecule has 1 heterocycles. The minimum Gasteiger partial charge on any atom is -0.408 e. The van der Waals surface area contributed by atoms with Crippen molar-refractivity contribution in [3.05, 3.63) is 34.4 Å². The SMILES string of the molecule is Fc1ccc(Nc2nnc(CCCl)o2)cc1Br. The van der Waals surface area contributed by atoms with Crippen LogP contribution in [0, 0.1) is 5.82 Å². The second-order valence-electron chi connectivity index (χ2n) is 3.19. The predicted molar refractivity (Wildman–Crippen MR) is 66.1 cm³/mol. The molecule has 2 rings (SSSR count). The first kappa shape index (κ1) is 12.3. The van der Waals surface area contributed by atoms with Crippen molar-refractivity contribution in [3.8, 4) is 0 Å². The van der Waals surface area contributed by atoms with Crippen LogP contribution in [0.15, 0.2) is 27.1 Å². The van der Waals surface area contributed by atoms with Crippen molar-refractivity contribution in [1.29, 1.82) is 0 Å². The highest BCUT2D eigenvalue weighted by atomic mass is 79.9. The maximum Gasteiger partial charge on any atom is 0.320 e. The van der Waals surface area contributed by atoms with Crippen LogP contribution in [0.3, 0.4) is 0 Å². The number of hydrogen-bond donors (Lipinski definition) is 1. The fourth-order valence-electron chi connectivity index (χ4n) is 1.18. The Bertz CT molecular complexity index is 520. The highest BCUT2D eigenvalue weighted by Gasteiger charge is 2.06. The lowest BCUT2D eigenvalue weighted by atomic mass is 10.3. The maximum absolute atomic E-state index is 13.0. The van der Waals surface area contributed by atoms with Gasteiger partial charge in [0, 0.05) is 18.0 Å². The molecule has 0 spiro atoms. The van der Waals surface area contributed by atoms with Gasteiger partial charge in [0.25, 0.3) is 0 Å². The molecule has 0 fully saturated rings. The van der Waals surface area contributed by atoms with Crippen molar-refractivity contribution in [2.45, 2.75) is 6.42 Å². The molecule has 0 saturated heterocycles. The molecule has 1 aromatic carbocycles. The summed E-state index contributed by atoms with van der Waals surface area (Å²) in [5.74, 6) is 0.552. The third-order valence-corrected chi connectivity index (χ3v) is 2.74. The summed E-state index contributed by atoms with van der Waals surface area (Å²) in [6.07, 6.45) is 0.517. The van der Waals surface area contributed by atoms with Crippen molar-refractivity contribution in [3.63, 3.8) is 0 Å². The Morgan fingerprint density at radius 2 is 2.24 bits per heavy atom. The van der Waals surface area contributed by atoms with Gasteiger partial charge >= 0.3 is 6.01 Å². The van der Waals surface area contributed by atoms with Crippen molar-refractivity contribution < 1.29 is 8.81 Å². The fraction of sp³-hybridized carbons (Fsp3) is 0.200. The summed E-state index contributed by atoms with van der Waals surface area (Å²) < 4.78 is 18.6. The lowest BCUT2D eigenvalue weighted by molar-refractivity contribution is 0.516. The Labute approximate surface area is 110 Å². The monoisotopic (exact) mass is 319 g/mol. The molecule has 1 N–H and O–H groups in total. The minimum atomic E-state index is -0.330. The third-order valence-electron chi connectivity index (χ3n) is 1.95. The van der Waals surface area contributed by atoms with Gasteiger partial charge in [-0.25, -0.2) is 4.39 Å². The second kappa shape index (κ2) is 5.46. The molecule has 0 bridgehead atoms. The molecule has 0 atom stereocenters. The third kappa shape index (κ3) is 3.17. The van der Waals surface area contributed by atoms with E-state index in [9.17, 15) is 4.39 Å².